The van der Waals surface area contributed by atoms with Gasteiger partial charge in [0, 0.05) is 18.3 Å². The number of anilines is 2. The standard InChI is InChI=1S/C17H21N5O2/c1-2-13-7-9-14(10-8-13)21-17(18)20-12-11-19-15-5-3-4-6-16(15)22(23)24/h3-10,19H,2,11-12H2,1H3,(H3,18,20,21). The van der Waals surface area contributed by atoms with Gasteiger partial charge in [0.15, 0.2) is 5.96 Å². The second-order valence-electron chi connectivity index (χ2n) is 5.14. The molecule has 2 rings (SSSR count). The molecule has 0 fully saturated rings. The van der Waals surface area contributed by atoms with E-state index < -0.39 is 4.92 Å². The maximum atomic E-state index is 10.9. The maximum Gasteiger partial charge on any atom is 0.292 e. The molecule has 0 radical (unpaired) electrons. The highest BCUT2D eigenvalue weighted by Crippen LogP contribution is 2.22. The first kappa shape index (κ1) is 17.3. The average Bonchev–Trinajstić information content (AvgIpc) is 2.59. The molecule has 2 aromatic carbocycles. The Morgan fingerprint density at radius 3 is 2.58 bits per heavy atom. The summed E-state index contributed by atoms with van der Waals surface area (Å²) in [4.78, 5) is 14.7. The topological polar surface area (TPSA) is 106 Å². The summed E-state index contributed by atoms with van der Waals surface area (Å²) in [7, 11) is 0. The molecule has 0 bridgehead atoms. The minimum atomic E-state index is -0.415. The number of benzene rings is 2. The van der Waals surface area contributed by atoms with Gasteiger partial charge in [-0.15, -0.1) is 0 Å². The van der Waals surface area contributed by atoms with Gasteiger partial charge in [0.2, 0.25) is 0 Å². The van der Waals surface area contributed by atoms with Crippen LogP contribution in [-0.4, -0.2) is 24.0 Å². The molecule has 7 nitrogen and oxygen atoms in total. The van der Waals surface area contributed by atoms with Gasteiger partial charge in [0.25, 0.3) is 5.69 Å². The zero-order chi connectivity index (χ0) is 17.4. The molecule has 0 aromatic heterocycles. The lowest BCUT2D eigenvalue weighted by Crippen LogP contribution is -2.23. The summed E-state index contributed by atoms with van der Waals surface area (Å²) in [6.45, 7) is 2.95. The lowest BCUT2D eigenvalue weighted by molar-refractivity contribution is -0.384. The normalized spacial score (nSPS) is 11.1. The zero-order valence-electron chi connectivity index (χ0n) is 13.5. The van der Waals surface area contributed by atoms with Crippen molar-refractivity contribution in [2.24, 2.45) is 10.7 Å². The van der Waals surface area contributed by atoms with Crippen LogP contribution in [0.1, 0.15) is 12.5 Å². The van der Waals surface area contributed by atoms with Gasteiger partial charge >= 0.3 is 0 Å². The molecule has 0 spiro atoms. The van der Waals surface area contributed by atoms with Crippen molar-refractivity contribution >= 4 is 23.0 Å². The number of nitro benzene ring substituents is 1. The highest BCUT2D eigenvalue weighted by molar-refractivity contribution is 5.92. The van der Waals surface area contributed by atoms with Crippen molar-refractivity contribution < 1.29 is 4.92 Å². The van der Waals surface area contributed by atoms with Crippen molar-refractivity contribution in [3.05, 3.63) is 64.2 Å². The monoisotopic (exact) mass is 327 g/mol. The SMILES string of the molecule is CCc1ccc(NC(N)=NCCNc2ccccc2[N+](=O)[O-])cc1. The van der Waals surface area contributed by atoms with Crippen molar-refractivity contribution in [1.29, 1.82) is 0 Å². The van der Waals surface area contributed by atoms with Gasteiger partial charge in [-0.3, -0.25) is 15.1 Å². The Morgan fingerprint density at radius 1 is 1.21 bits per heavy atom. The molecular weight excluding hydrogens is 306 g/mol. The van der Waals surface area contributed by atoms with E-state index in [1.165, 1.54) is 11.6 Å². The number of aryl methyl sites for hydroxylation is 1. The Hall–Kier alpha value is -3.09. The van der Waals surface area contributed by atoms with E-state index in [9.17, 15) is 10.1 Å². The second kappa shape index (κ2) is 8.52. The quantitative estimate of drug-likeness (QED) is 0.238. The zero-order valence-corrected chi connectivity index (χ0v) is 13.5. The summed E-state index contributed by atoms with van der Waals surface area (Å²) in [5, 5.41) is 16.9. The van der Waals surface area contributed by atoms with Crippen LogP contribution in [0, 0.1) is 10.1 Å². The lowest BCUT2D eigenvalue weighted by Gasteiger charge is -2.07. The molecule has 0 amide bonds. The number of nitro groups is 1. The van der Waals surface area contributed by atoms with Gasteiger partial charge < -0.3 is 16.4 Å². The smallest absolute Gasteiger partial charge is 0.292 e. The van der Waals surface area contributed by atoms with E-state index in [0.717, 1.165) is 12.1 Å². The van der Waals surface area contributed by atoms with E-state index in [1.807, 2.05) is 24.3 Å². The van der Waals surface area contributed by atoms with Crippen LogP contribution in [0.2, 0.25) is 0 Å². The largest absolute Gasteiger partial charge is 0.378 e. The van der Waals surface area contributed by atoms with E-state index in [0.29, 0.717) is 24.7 Å². The molecule has 0 saturated heterocycles. The molecule has 4 N–H and O–H groups in total. The molecule has 0 saturated carbocycles. The number of nitrogens with two attached hydrogens (primary N) is 1. The average molecular weight is 327 g/mol. The summed E-state index contributed by atoms with van der Waals surface area (Å²) in [5.41, 5.74) is 8.48. The Kier molecular flexibility index (Phi) is 6.13. The van der Waals surface area contributed by atoms with Gasteiger partial charge in [0.05, 0.1) is 11.5 Å². The van der Waals surface area contributed by atoms with Crippen LogP contribution in [0.25, 0.3) is 0 Å². The third kappa shape index (κ3) is 4.98. The molecule has 2 aromatic rings. The van der Waals surface area contributed by atoms with E-state index >= 15 is 0 Å². The number of hydrogen-bond donors (Lipinski definition) is 3. The van der Waals surface area contributed by atoms with E-state index in [1.54, 1.807) is 18.2 Å². The van der Waals surface area contributed by atoms with Crippen molar-refractivity contribution in [3.8, 4) is 0 Å². The molecule has 24 heavy (non-hydrogen) atoms. The van der Waals surface area contributed by atoms with Gasteiger partial charge in [-0.1, -0.05) is 31.2 Å². The van der Waals surface area contributed by atoms with E-state index in [-0.39, 0.29) is 5.69 Å². The molecule has 7 heteroatoms. The molecule has 0 aliphatic heterocycles. The lowest BCUT2D eigenvalue weighted by atomic mass is 10.1. The molecule has 0 aliphatic rings. The fourth-order valence-corrected chi connectivity index (χ4v) is 2.16. The van der Waals surface area contributed by atoms with Crippen molar-refractivity contribution in [3.63, 3.8) is 0 Å². The van der Waals surface area contributed by atoms with Gasteiger partial charge in [-0.05, 0) is 30.2 Å². The first-order valence-electron chi connectivity index (χ1n) is 7.73. The Bertz CT molecular complexity index is 713. The molecule has 0 aliphatic carbocycles. The van der Waals surface area contributed by atoms with Crippen molar-refractivity contribution in [1.82, 2.24) is 0 Å². The van der Waals surface area contributed by atoms with Crippen LogP contribution in [0.5, 0.6) is 0 Å². The summed E-state index contributed by atoms with van der Waals surface area (Å²) >= 11 is 0. The van der Waals surface area contributed by atoms with Crippen LogP contribution in [0.15, 0.2) is 53.5 Å². The van der Waals surface area contributed by atoms with Crippen molar-refractivity contribution in [2.75, 3.05) is 23.7 Å². The summed E-state index contributed by atoms with van der Waals surface area (Å²) in [6, 6.07) is 14.5. The van der Waals surface area contributed by atoms with Crippen LogP contribution < -0.4 is 16.4 Å². The fraction of sp³-hybridized carbons (Fsp3) is 0.235. The molecule has 0 heterocycles. The number of aliphatic imine (C=N–C) groups is 1. The van der Waals surface area contributed by atoms with Crippen molar-refractivity contribution in [2.45, 2.75) is 13.3 Å². The molecular formula is C17H21N5O2. The first-order chi connectivity index (χ1) is 11.6. The predicted molar refractivity (Wildman–Crippen MR) is 97.5 cm³/mol. The number of rotatable bonds is 7. The number of guanidine groups is 1. The first-order valence-corrected chi connectivity index (χ1v) is 7.73. The Morgan fingerprint density at radius 2 is 1.92 bits per heavy atom. The third-order valence-corrected chi connectivity index (χ3v) is 3.44. The molecule has 0 atom stereocenters. The minimum Gasteiger partial charge on any atom is -0.378 e. The Labute approximate surface area is 140 Å². The molecule has 126 valence electrons. The predicted octanol–water partition coefficient (Wildman–Crippen LogP) is 3.00. The van der Waals surface area contributed by atoms with Crippen LogP contribution in [0.3, 0.4) is 0 Å². The highest BCUT2D eigenvalue weighted by atomic mass is 16.6. The molecule has 0 unspecified atom stereocenters. The van der Waals surface area contributed by atoms with Crippen LogP contribution in [0.4, 0.5) is 17.1 Å². The summed E-state index contributed by atoms with van der Waals surface area (Å²) < 4.78 is 0. The van der Waals surface area contributed by atoms with E-state index in [4.69, 9.17) is 5.73 Å². The number of hydrogen-bond acceptors (Lipinski definition) is 4. The Balaban J connectivity index is 1.84. The minimum absolute atomic E-state index is 0.0450. The highest BCUT2D eigenvalue weighted by Gasteiger charge is 2.10. The van der Waals surface area contributed by atoms with E-state index in [2.05, 4.69) is 22.5 Å². The van der Waals surface area contributed by atoms with Gasteiger partial charge in [-0.25, -0.2) is 0 Å². The number of para-hydroxylation sites is 2. The summed E-state index contributed by atoms with van der Waals surface area (Å²) in [5.74, 6) is 0.309. The van der Waals surface area contributed by atoms with Gasteiger partial charge in [0.1, 0.15) is 5.69 Å². The fourth-order valence-electron chi connectivity index (χ4n) is 2.16. The second-order valence-corrected chi connectivity index (χ2v) is 5.14. The van der Waals surface area contributed by atoms with Gasteiger partial charge in [-0.2, -0.15) is 0 Å². The third-order valence-electron chi connectivity index (χ3n) is 3.44. The summed E-state index contributed by atoms with van der Waals surface area (Å²) in [6.07, 6.45) is 0.987. The maximum absolute atomic E-state index is 10.9. The van der Waals surface area contributed by atoms with Crippen LogP contribution >= 0.6 is 0 Å². The number of nitrogens with one attached hydrogen (secondary N) is 2. The number of nitrogens with zero attached hydrogens (tertiary/aromatic N) is 2. The van der Waals surface area contributed by atoms with Crippen LogP contribution in [-0.2, 0) is 6.42 Å².